The van der Waals surface area contributed by atoms with E-state index in [-0.39, 0.29) is 28.9 Å². The van der Waals surface area contributed by atoms with Gasteiger partial charge in [-0.25, -0.2) is 13.2 Å². The van der Waals surface area contributed by atoms with Crippen molar-refractivity contribution in [3.05, 3.63) is 53.9 Å². The molecule has 1 aliphatic carbocycles. The average Bonchev–Trinajstić information content (AvgIpc) is 3.43. The molecule has 4 heterocycles. The minimum atomic E-state index is -4.87. The number of amides is 2. The largest absolute Gasteiger partial charge is 0.573 e. The molecule has 0 spiro atoms. The summed E-state index contributed by atoms with van der Waals surface area (Å²) in [5.41, 5.74) is 6.21. The van der Waals surface area contributed by atoms with E-state index < -0.39 is 51.2 Å². The fourth-order valence-electron chi connectivity index (χ4n) is 6.09. The molecule has 1 atom stereocenters. The van der Waals surface area contributed by atoms with E-state index in [2.05, 4.69) is 14.9 Å². The van der Waals surface area contributed by atoms with Crippen LogP contribution in [0.1, 0.15) is 24.3 Å². The first-order valence-electron chi connectivity index (χ1n) is 13.2. The van der Waals surface area contributed by atoms with Crippen molar-refractivity contribution >= 4 is 27.5 Å². The maximum atomic E-state index is 13.3. The van der Waals surface area contributed by atoms with E-state index in [9.17, 15) is 31.2 Å². The Morgan fingerprint density at radius 3 is 2.56 bits per heavy atom. The molecule has 2 N–H and O–H groups in total. The molecule has 7 rings (SSSR count). The van der Waals surface area contributed by atoms with Gasteiger partial charge in [0.05, 0.1) is 41.4 Å². The van der Waals surface area contributed by atoms with Crippen LogP contribution in [0.15, 0.2) is 51.8 Å². The Labute approximate surface area is 243 Å². The van der Waals surface area contributed by atoms with Crippen LogP contribution >= 0.6 is 0 Å². The Morgan fingerprint density at radius 2 is 1.88 bits per heavy atom. The first-order chi connectivity index (χ1) is 20.3. The van der Waals surface area contributed by atoms with E-state index in [4.69, 9.17) is 14.9 Å². The minimum absolute atomic E-state index is 0.0159. The second-order valence-corrected chi connectivity index (χ2v) is 13.0. The number of hydrogen-bond acceptors (Lipinski definition) is 10. The third-order valence-corrected chi connectivity index (χ3v) is 9.77. The summed E-state index contributed by atoms with van der Waals surface area (Å²) < 4.78 is 78.9. The minimum Gasteiger partial charge on any atom is -0.453 e. The van der Waals surface area contributed by atoms with Crippen molar-refractivity contribution in [2.45, 2.75) is 42.1 Å². The van der Waals surface area contributed by atoms with Gasteiger partial charge in [0.15, 0.2) is 9.84 Å². The summed E-state index contributed by atoms with van der Waals surface area (Å²) in [5.74, 6) is -1.07. The first kappa shape index (κ1) is 28.9. The van der Waals surface area contributed by atoms with E-state index in [0.717, 1.165) is 25.0 Å². The summed E-state index contributed by atoms with van der Waals surface area (Å²) in [5, 5.41) is 8.42. The number of hydrogen-bond donors (Lipinski definition) is 1. The number of rotatable bonds is 5. The summed E-state index contributed by atoms with van der Waals surface area (Å²) in [7, 11) is -2.68. The molecule has 0 unspecified atom stereocenters. The summed E-state index contributed by atoms with van der Waals surface area (Å²) >= 11 is 0. The molecule has 43 heavy (non-hydrogen) atoms. The maximum Gasteiger partial charge on any atom is 0.573 e. The fraction of sp³-hybridized carbons (Fsp3) is 0.407. The third kappa shape index (κ3) is 5.40. The molecule has 3 aliphatic heterocycles. The molecule has 228 valence electrons. The van der Waals surface area contributed by atoms with Crippen molar-refractivity contribution in [1.29, 1.82) is 0 Å². The van der Waals surface area contributed by atoms with E-state index in [1.54, 1.807) is 4.90 Å². The van der Waals surface area contributed by atoms with Crippen molar-refractivity contribution < 1.29 is 45.1 Å². The number of carbonyl (C=O) groups is 2. The number of ether oxygens (including phenoxy) is 2. The molecule has 2 aromatic carbocycles. The summed E-state index contributed by atoms with van der Waals surface area (Å²) in [4.78, 5) is 28.1. The summed E-state index contributed by atoms with van der Waals surface area (Å²) in [6.45, 7) is 0.750. The zero-order chi connectivity index (χ0) is 30.7. The van der Waals surface area contributed by atoms with Gasteiger partial charge in [-0.3, -0.25) is 4.79 Å². The van der Waals surface area contributed by atoms with Crippen LogP contribution in [0.2, 0.25) is 0 Å². The van der Waals surface area contributed by atoms with Gasteiger partial charge in [0, 0.05) is 18.7 Å². The van der Waals surface area contributed by atoms with Gasteiger partial charge in [-0.1, -0.05) is 12.1 Å². The van der Waals surface area contributed by atoms with Gasteiger partial charge in [0.25, 0.3) is 0 Å². The molecule has 2 amide bonds. The van der Waals surface area contributed by atoms with Gasteiger partial charge in [0.1, 0.15) is 5.75 Å². The number of benzene rings is 2. The SMILES string of the molecule is COC(=O)N1CC2CC(c3nnc(-c4ccc5c(c4)N(Cc4ccc(OC(F)(F)F)cc4)C(=O)[C@@H](N)CS5(=O)=O)o3)(C2)C1. The molecule has 4 aliphatic rings. The zero-order valence-electron chi connectivity index (χ0n) is 22.7. The van der Waals surface area contributed by atoms with Crippen LogP contribution in [0.25, 0.3) is 11.5 Å². The van der Waals surface area contributed by atoms with Crippen LogP contribution in [0.3, 0.4) is 0 Å². The number of nitrogens with zero attached hydrogens (tertiary/aromatic N) is 4. The summed E-state index contributed by atoms with van der Waals surface area (Å²) in [6, 6.07) is 7.73. The second-order valence-electron chi connectivity index (χ2n) is 11.0. The molecule has 0 radical (unpaired) electrons. The van der Waals surface area contributed by atoms with E-state index in [1.165, 1.54) is 42.3 Å². The Kier molecular flexibility index (Phi) is 6.87. The second kappa shape index (κ2) is 10.2. The number of halogens is 3. The number of piperidine rings is 2. The van der Waals surface area contributed by atoms with Crippen LogP contribution in [0.4, 0.5) is 23.7 Å². The molecule has 2 bridgehead atoms. The maximum absolute atomic E-state index is 13.3. The van der Waals surface area contributed by atoms with Crippen molar-refractivity contribution in [3.8, 4) is 17.2 Å². The Morgan fingerprint density at radius 1 is 1.16 bits per heavy atom. The number of alkyl halides is 3. The van der Waals surface area contributed by atoms with Gasteiger partial charge in [-0.15, -0.1) is 23.4 Å². The lowest BCUT2D eigenvalue weighted by atomic mass is 9.58. The van der Waals surface area contributed by atoms with E-state index >= 15 is 0 Å². The van der Waals surface area contributed by atoms with E-state index in [0.29, 0.717) is 30.1 Å². The highest BCUT2D eigenvalue weighted by atomic mass is 32.2. The first-order valence-corrected chi connectivity index (χ1v) is 14.9. The Bertz CT molecular complexity index is 1690. The smallest absolute Gasteiger partial charge is 0.453 e. The van der Waals surface area contributed by atoms with E-state index in [1.807, 2.05) is 0 Å². The number of sulfone groups is 1. The van der Waals surface area contributed by atoms with Gasteiger partial charge in [-0.05, 0) is 54.7 Å². The van der Waals surface area contributed by atoms with Crippen LogP contribution < -0.4 is 15.4 Å². The lowest BCUT2D eigenvalue weighted by molar-refractivity contribution is -0.274. The molecule has 1 saturated carbocycles. The number of fused-ring (bicyclic) bond motifs is 3. The van der Waals surface area contributed by atoms with Gasteiger partial charge >= 0.3 is 12.5 Å². The quantitative estimate of drug-likeness (QED) is 0.449. The topological polar surface area (TPSA) is 158 Å². The van der Waals surface area contributed by atoms with Crippen molar-refractivity contribution in [3.63, 3.8) is 0 Å². The standard InChI is InChI=1S/C27H26F3N5O7S/c1-40-25(37)34-11-16-9-26(10-16,14-34)24-33-32-22(41-24)17-4-7-21-20(8-17)35(23(36)19(31)13-43(21,38)39)12-15-2-5-18(6-3-15)42-27(28,29)30/h2-8,16,19H,9-14,31H2,1H3/t16?,19-,26?/m0/s1. The van der Waals surface area contributed by atoms with Gasteiger partial charge in [-0.2, -0.15) is 0 Å². The molecule has 12 nitrogen and oxygen atoms in total. The molecule has 16 heteroatoms. The van der Waals surface area contributed by atoms with Crippen LogP contribution in [-0.4, -0.2) is 73.9 Å². The molecule has 3 aromatic rings. The highest BCUT2D eigenvalue weighted by molar-refractivity contribution is 7.91. The molecule has 3 fully saturated rings. The number of methoxy groups -OCH3 is 1. The van der Waals surface area contributed by atoms with Crippen molar-refractivity contribution in [1.82, 2.24) is 15.1 Å². The van der Waals surface area contributed by atoms with Crippen LogP contribution in [-0.2, 0) is 31.3 Å². The lowest BCUT2D eigenvalue weighted by Crippen LogP contribution is -2.60. The Hall–Kier alpha value is -4.18. The highest BCUT2D eigenvalue weighted by Crippen LogP contribution is 2.52. The van der Waals surface area contributed by atoms with Crippen LogP contribution in [0.5, 0.6) is 5.75 Å². The number of carbonyl (C=O) groups excluding carboxylic acids is 2. The third-order valence-electron chi connectivity index (χ3n) is 7.95. The number of anilines is 1. The molecule has 2 saturated heterocycles. The lowest BCUT2D eigenvalue weighted by Gasteiger charge is -2.53. The zero-order valence-corrected chi connectivity index (χ0v) is 23.5. The van der Waals surface area contributed by atoms with Crippen LogP contribution in [0, 0.1) is 5.92 Å². The highest BCUT2D eigenvalue weighted by Gasteiger charge is 2.55. The van der Waals surface area contributed by atoms with Crippen molar-refractivity contribution in [2.75, 3.05) is 30.9 Å². The molecular weight excluding hydrogens is 595 g/mol. The predicted octanol–water partition coefficient (Wildman–Crippen LogP) is 3.01. The van der Waals surface area contributed by atoms with Gasteiger partial charge in [0.2, 0.25) is 17.7 Å². The summed E-state index contributed by atoms with van der Waals surface area (Å²) in [6.07, 6.45) is -3.79. The average molecular weight is 622 g/mol. The normalized spacial score (nSPS) is 24.5. The van der Waals surface area contributed by atoms with Gasteiger partial charge < -0.3 is 29.4 Å². The predicted molar refractivity (Wildman–Crippen MR) is 142 cm³/mol. The monoisotopic (exact) mass is 621 g/mol. The molecule has 1 aromatic heterocycles. The van der Waals surface area contributed by atoms with Crippen molar-refractivity contribution in [2.24, 2.45) is 11.7 Å². The number of aromatic nitrogens is 2. The Balaban J connectivity index is 1.33. The fourth-order valence-corrected chi connectivity index (χ4v) is 7.65. The molecular formula is C27H26F3N5O7S. The number of nitrogens with two attached hydrogens (primary N) is 1.